The van der Waals surface area contributed by atoms with Crippen LogP contribution in [-0.2, 0) is 14.3 Å². The van der Waals surface area contributed by atoms with Gasteiger partial charge in [-0.25, -0.2) is 0 Å². The monoisotopic (exact) mass is 388 g/mol. The molecule has 1 unspecified atom stereocenters. The van der Waals surface area contributed by atoms with Gasteiger partial charge in [-0.05, 0) is 62.8 Å². The number of methoxy groups -OCH3 is 1. The number of nitrogens with zero attached hydrogens (tertiary/aromatic N) is 1. The lowest BCUT2D eigenvalue weighted by atomic mass is 9.91. The van der Waals surface area contributed by atoms with Crippen LogP contribution in [0.1, 0.15) is 47.2 Å². The van der Waals surface area contributed by atoms with Gasteiger partial charge < -0.3 is 19.7 Å². The average Bonchev–Trinajstić information content (AvgIpc) is 3.12. The molecule has 1 aromatic rings. The number of rotatable bonds is 6. The minimum absolute atomic E-state index is 0.00216. The van der Waals surface area contributed by atoms with E-state index in [4.69, 9.17) is 9.47 Å². The molecule has 6 heteroatoms. The van der Waals surface area contributed by atoms with E-state index in [2.05, 4.69) is 5.32 Å². The van der Waals surface area contributed by atoms with Crippen molar-refractivity contribution in [2.75, 3.05) is 40.0 Å². The van der Waals surface area contributed by atoms with Crippen LogP contribution in [0, 0.1) is 19.8 Å². The zero-order chi connectivity index (χ0) is 20.1. The summed E-state index contributed by atoms with van der Waals surface area (Å²) in [5, 5.41) is 3.29. The topological polar surface area (TPSA) is 67.9 Å². The summed E-state index contributed by atoms with van der Waals surface area (Å²) in [6.45, 7) is 7.07. The molecule has 6 nitrogen and oxygen atoms in total. The first kappa shape index (κ1) is 20.8. The molecule has 0 aliphatic carbocycles. The number of carbonyl (C=O) groups excluding carboxylic acids is 2. The van der Waals surface area contributed by atoms with E-state index in [0.717, 1.165) is 24.8 Å². The third-order valence-electron chi connectivity index (χ3n) is 6.16. The highest BCUT2D eigenvalue weighted by atomic mass is 16.5. The smallest absolute Gasteiger partial charge is 0.253 e. The highest BCUT2D eigenvalue weighted by Crippen LogP contribution is 2.28. The number of aryl methyl sites for hydroxylation is 2. The largest absolute Gasteiger partial charge is 0.385 e. The van der Waals surface area contributed by atoms with Gasteiger partial charge in [0, 0.05) is 51.5 Å². The molecule has 2 amide bonds. The molecule has 2 fully saturated rings. The number of ether oxygens (including phenoxy) is 2. The van der Waals surface area contributed by atoms with Crippen molar-refractivity contribution < 1.29 is 19.1 Å². The van der Waals surface area contributed by atoms with E-state index < -0.39 is 5.54 Å². The molecule has 0 radical (unpaired) electrons. The van der Waals surface area contributed by atoms with Gasteiger partial charge in [-0.2, -0.15) is 0 Å². The second kappa shape index (κ2) is 9.05. The maximum Gasteiger partial charge on any atom is 0.253 e. The Morgan fingerprint density at radius 2 is 2.00 bits per heavy atom. The molecular formula is C22H32N2O4. The first-order valence-electron chi connectivity index (χ1n) is 10.2. The van der Waals surface area contributed by atoms with Gasteiger partial charge in [-0.15, -0.1) is 0 Å². The van der Waals surface area contributed by atoms with Gasteiger partial charge in [-0.3, -0.25) is 9.59 Å². The molecule has 0 aromatic heterocycles. The third-order valence-corrected chi connectivity index (χ3v) is 6.16. The lowest BCUT2D eigenvalue weighted by molar-refractivity contribution is -0.130. The summed E-state index contributed by atoms with van der Waals surface area (Å²) >= 11 is 0. The number of nitrogens with one attached hydrogen (secondary N) is 1. The van der Waals surface area contributed by atoms with Crippen LogP contribution in [-0.4, -0.2) is 62.3 Å². The van der Waals surface area contributed by atoms with E-state index in [1.165, 1.54) is 5.56 Å². The molecule has 1 N–H and O–H groups in total. The highest BCUT2D eigenvalue weighted by Gasteiger charge is 2.42. The van der Waals surface area contributed by atoms with Crippen LogP contribution in [0.25, 0.3) is 0 Å². The molecule has 0 bridgehead atoms. The summed E-state index contributed by atoms with van der Waals surface area (Å²) in [6.07, 6.45) is 2.98. The standard InChI is InChI=1S/C22H32N2O4/c1-16-4-5-19(14-17(16)2)21(26)24-10-8-22(15-24,9-13-27-3)23-20(25)18-6-11-28-12-7-18/h4-5,14,18H,6-13,15H2,1-3H3,(H,23,25). The average molecular weight is 389 g/mol. The Morgan fingerprint density at radius 3 is 2.68 bits per heavy atom. The van der Waals surface area contributed by atoms with Crippen LogP contribution < -0.4 is 5.32 Å². The van der Waals surface area contributed by atoms with Crippen molar-refractivity contribution in [3.05, 3.63) is 34.9 Å². The summed E-state index contributed by atoms with van der Waals surface area (Å²) < 4.78 is 10.7. The van der Waals surface area contributed by atoms with Gasteiger partial charge in [0.2, 0.25) is 5.91 Å². The van der Waals surface area contributed by atoms with Crippen molar-refractivity contribution in [2.45, 2.75) is 45.1 Å². The predicted molar refractivity (Wildman–Crippen MR) is 107 cm³/mol. The quantitative estimate of drug-likeness (QED) is 0.813. The second-order valence-corrected chi connectivity index (χ2v) is 8.17. The van der Waals surface area contributed by atoms with Crippen LogP contribution in [0.5, 0.6) is 0 Å². The lowest BCUT2D eigenvalue weighted by Gasteiger charge is -2.33. The van der Waals surface area contributed by atoms with Crippen LogP contribution in [0.4, 0.5) is 0 Å². The van der Waals surface area contributed by atoms with Gasteiger partial charge in [0.15, 0.2) is 0 Å². The Kier molecular flexibility index (Phi) is 6.73. The zero-order valence-corrected chi connectivity index (χ0v) is 17.3. The fourth-order valence-electron chi connectivity index (χ4n) is 4.09. The van der Waals surface area contributed by atoms with Crippen molar-refractivity contribution in [2.24, 2.45) is 5.92 Å². The minimum Gasteiger partial charge on any atom is -0.385 e. The molecule has 154 valence electrons. The fraction of sp³-hybridized carbons (Fsp3) is 0.636. The van der Waals surface area contributed by atoms with Gasteiger partial charge >= 0.3 is 0 Å². The lowest BCUT2D eigenvalue weighted by Crippen LogP contribution is -2.53. The Morgan fingerprint density at radius 1 is 1.25 bits per heavy atom. The van der Waals surface area contributed by atoms with Gasteiger partial charge in [0.25, 0.3) is 5.91 Å². The van der Waals surface area contributed by atoms with E-state index in [1.54, 1.807) is 7.11 Å². The molecule has 1 aromatic carbocycles. The number of likely N-dealkylation sites (tertiary alicyclic amines) is 1. The summed E-state index contributed by atoms with van der Waals surface area (Å²) in [7, 11) is 1.67. The van der Waals surface area contributed by atoms with E-state index >= 15 is 0 Å². The first-order valence-corrected chi connectivity index (χ1v) is 10.2. The Balaban J connectivity index is 1.70. The second-order valence-electron chi connectivity index (χ2n) is 8.17. The molecule has 28 heavy (non-hydrogen) atoms. The Labute approximate surface area is 167 Å². The van der Waals surface area contributed by atoms with Crippen molar-refractivity contribution in [3.63, 3.8) is 0 Å². The molecule has 0 saturated carbocycles. The summed E-state index contributed by atoms with van der Waals surface area (Å²) in [6, 6.07) is 5.83. The van der Waals surface area contributed by atoms with Gasteiger partial charge in [0.1, 0.15) is 0 Å². The predicted octanol–water partition coefficient (Wildman–Crippen LogP) is 2.47. The number of amides is 2. The summed E-state index contributed by atoms with van der Waals surface area (Å²) in [5.41, 5.74) is 2.59. The van der Waals surface area contributed by atoms with Crippen LogP contribution >= 0.6 is 0 Å². The Hall–Kier alpha value is -1.92. The molecule has 3 rings (SSSR count). The SMILES string of the molecule is COCCC1(NC(=O)C2CCOCC2)CCN(C(=O)c2ccc(C)c(C)c2)C1. The molecule has 2 saturated heterocycles. The van der Waals surface area contributed by atoms with Crippen LogP contribution in [0.15, 0.2) is 18.2 Å². The van der Waals surface area contributed by atoms with E-state index in [9.17, 15) is 9.59 Å². The van der Waals surface area contributed by atoms with Crippen molar-refractivity contribution >= 4 is 11.8 Å². The number of carbonyl (C=O) groups is 2. The first-order chi connectivity index (χ1) is 13.4. The number of hydrogen-bond donors (Lipinski definition) is 1. The van der Waals surface area contributed by atoms with Crippen molar-refractivity contribution in [3.8, 4) is 0 Å². The number of benzene rings is 1. The van der Waals surface area contributed by atoms with E-state index in [1.807, 2.05) is 36.9 Å². The molecule has 1 atom stereocenters. The molecule has 2 heterocycles. The van der Waals surface area contributed by atoms with E-state index in [-0.39, 0.29) is 17.7 Å². The fourth-order valence-corrected chi connectivity index (χ4v) is 4.09. The van der Waals surface area contributed by atoms with Crippen molar-refractivity contribution in [1.29, 1.82) is 0 Å². The van der Waals surface area contributed by atoms with Crippen LogP contribution in [0.3, 0.4) is 0 Å². The maximum absolute atomic E-state index is 13.0. The van der Waals surface area contributed by atoms with Gasteiger partial charge in [0.05, 0.1) is 5.54 Å². The zero-order valence-electron chi connectivity index (χ0n) is 17.3. The highest BCUT2D eigenvalue weighted by molar-refractivity contribution is 5.95. The maximum atomic E-state index is 13.0. The third kappa shape index (κ3) is 4.73. The molecule has 0 spiro atoms. The molecular weight excluding hydrogens is 356 g/mol. The van der Waals surface area contributed by atoms with Crippen molar-refractivity contribution in [1.82, 2.24) is 10.2 Å². The normalized spacial score (nSPS) is 23.0. The summed E-state index contributed by atoms with van der Waals surface area (Å²) in [4.78, 5) is 27.7. The number of hydrogen-bond acceptors (Lipinski definition) is 4. The minimum atomic E-state index is -0.416. The molecule has 2 aliphatic rings. The summed E-state index contributed by atoms with van der Waals surface area (Å²) in [5.74, 6) is 0.111. The Bertz CT molecular complexity index is 714. The van der Waals surface area contributed by atoms with Gasteiger partial charge in [-0.1, -0.05) is 6.07 Å². The van der Waals surface area contributed by atoms with Crippen LogP contribution in [0.2, 0.25) is 0 Å². The van der Waals surface area contributed by atoms with E-state index in [0.29, 0.717) is 44.9 Å². The molecule has 2 aliphatic heterocycles.